The summed E-state index contributed by atoms with van der Waals surface area (Å²) < 4.78 is 10.3. The van der Waals surface area contributed by atoms with Crippen molar-refractivity contribution in [1.82, 2.24) is 10.4 Å². The molecule has 0 radical (unpaired) electrons. The highest BCUT2D eigenvalue weighted by atomic mass is 16.6. The molecule has 2 rings (SSSR count). The molecule has 1 unspecified atom stereocenters. The summed E-state index contributed by atoms with van der Waals surface area (Å²) in [5.41, 5.74) is 3.31. The van der Waals surface area contributed by atoms with Gasteiger partial charge in [0.25, 0.3) is 0 Å². The number of hydrazine groups is 1. The molecule has 1 N–H and O–H groups in total. The van der Waals surface area contributed by atoms with Gasteiger partial charge in [0.1, 0.15) is 0 Å². The lowest BCUT2D eigenvalue weighted by atomic mass is 10.5. The quantitative estimate of drug-likeness (QED) is 0.547. The van der Waals surface area contributed by atoms with Crippen LogP contribution < -0.4 is 5.43 Å². The van der Waals surface area contributed by atoms with E-state index >= 15 is 0 Å². The molecule has 0 aromatic carbocycles. The van der Waals surface area contributed by atoms with E-state index in [-0.39, 0.29) is 0 Å². The highest BCUT2D eigenvalue weighted by Crippen LogP contribution is 2.06. The third kappa shape index (κ3) is 2.41. The molecule has 0 amide bonds. The summed E-state index contributed by atoms with van der Waals surface area (Å²) in [7, 11) is 0. The third-order valence-electron chi connectivity index (χ3n) is 1.96. The van der Waals surface area contributed by atoms with Crippen LogP contribution in [0.2, 0.25) is 0 Å². The lowest BCUT2D eigenvalue weighted by Crippen LogP contribution is -2.46. The van der Waals surface area contributed by atoms with Crippen molar-refractivity contribution in [2.75, 3.05) is 39.5 Å². The topological polar surface area (TPSA) is 37.0 Å². The number of hydrogen-bond acceptors (Lipinski definition) is 4. The van der Waals surface area contributed by atoms with Crippen LogP contribution in [0.5, 0.6) is 0 Å². The van der Waals surface area contributed by atoms with Crippen molar-refractivity contribution in [3.05, 3.63) is 0 Å². The Balaban J connectivity index is 1.59. The largest absolute Gasteiger partial charge is 0.379 e. The SMILES string of the molecule is C1CN(NCC2CO2)CCO1. The maximum Gasteiger partial charge on any atom is 0.0947 e. The number of nitrogens with one attached hydrogen (secondary N) is 1. The fourth-order valence-corrected chi connectivity index (χ4v) is 1.14. The zero-order valence-electron chi connectivity index (χ0n) is 6.58. The zero-order valence-corrected chi connectivity index (χ0v) is 6.58. The van der Waals surface area contributed by atoms with Crippen molar-refractivity contribution in [1.29, 1.82) is 0 Å². The van der Waals surface area contributed by atoms with Crippen molar-refractivity contribution < 1.29 is 9.47 Å². The first-order valence-electron chi connectivity index (χ1n) is 4.13. The van der Waals surface area contributed by atoms with Gasteiger partial charge in [0, 0.05) is 19.6 Å². The maximum atomic E-state index is 5.21. The van der Waals surface area contributed by atoms with Crippen LogP contribution in [0.3, 0.4) is 0 Å². The molecule has 0 aromatic rings. The highest BCUT2D eigenvalue weighted by Gasteiger charge is 2.23. The average molecular weight is 158 g/mol. The first kappa shape index (κ1) is 7.49. The van der Waals surface area contributed by atoms with Crippen molar-refractivity contribution in [2.24, 2.45) is 0 Å². The number of morpholine rings is 1. The molecule has 4 heteroatoms. The van der Waals surface area contributed by atoms with Gasteiger partial charge in [0.15, 0.2) is 0 Å². The van der Waals surface area contributed by atoms with Gasteiger partial charge in [-0.05, 0) is 0 Å². The molecule has 64 valence electrons. The van der Waals surface area contributed by atoms with Crippen LogP contribution in [-0.2, 0) is 9.47 Å². The summed E-state index contributed by atoms with van der Waals surface area (Å²) >= 11 is 0. The van der Waals surface area contributed by atoms with E-state index in [1.54, 1.807) is 0 Å². The summed E-state index contributed by atoms with van der Waals surface area (Å²) in [6.07, 6.45) is 0.470. The number of ether oxygens (including phenoxy) is 2. The Morgan fingerprint density at radius 2 is 2.09 bits per heavy atom. The molecule has 0 spiro atoms. The van der Waals surface area contributed by atoms with Crippen LogP contribution in [0.1, 0.15) is 0 Å². The Morgan fingerprint density at radius 1 is 1.36 bits per heavy atom. The third-order valence-corrected chi connectivity index (χ3v) is 1.96. The van der Waals surface area contributed by atoms with Crippen molar-refractivity contribution in [2.45, 2.75) is 6.10 Å². The van der Waals surface area contributed by atoms with Crippen LogP contribution in [0.25, 0.3) is 0 Å². The Bertz CT molecular complexity index is 122. The van der Waals surface area contributed by atoms with Gasteiger partial charge in [-0.1, -0.05) is 0 Å². The van der Waals surface area contributed by atoms with Gasteiger partial charge in [0.2, 0.25) is 0 Å². The molecule has 0 bridgehead atoms. The number of nitrogens with zero attached hydrogens (tertiary/aromatic N) is 1. The molecule has 1 atom stereocenters. The van der Waals surface area contributed by atoms with E-state index in [2.05, 4.69) is 10.4 Å². The molecule has 0 aromatic heterocycles. The minimum atomic E-state index is 0.470. The first-order chi connectivity index (χ1) is 5.45. The molecule has 4 nitrogen and oxygen atoms in total. The molecule has 2 aliphatic rings. The number of rotatable bonds is 3. The molecule has 2 heterocycles. The van der Waals surface area contributed by atoms with Gasteiger partial charge in [-0.15, -0.1) is 0 Å². The fourth-order valence-electron chi connectivity index (χ4n) is 1.14. The minimum Gasteiger partial charge on any atom is -0.379 e. The summed E-state index contributed by atoms with van der Waals surface area (Å²) in [6, 6.07) is 0. The van der Waals surface area contributed by atoms with Crippen molar-refractivity contribution >= 4 is 0 Å². The van der Waals surface area contributed by atoms with Crippen LogP contribution in [0, 0.1) is 0 Å². The van der Waals surface area contributed by atoms with E-state index in [4.69, 9.17) is 9.47 Å². The molecular weight excluding hydrogens is 144 g/mol. The van der Waals surface area contributed by atoms with Crippen LogP contribution in [0.4, 0.5) is 0 Å². The van der Waals surface area contributed by atoms with Gasteiger partial charge in [-0.2, -0.15) is 0 Å². The summed E-state index contributed by atoms with van der Waals surface area (Å²) in [5, 5.41) is 2.20. The van der Waals surface area contributed by atoms with Gasteiger partial charge in [-0.3, -0.25) is 5.43 Å². The van der Waals surface area contributed by atoms with Crippen molar-refractivity contribution in [3.63, 3.8) is 0 Å². The van der Waals surface area contributed by atoms with Crippen LogP contribution >= 0.6 is 0 Å². The normalized spacial score (nSPS) is 32.2. The molecule has 0 aliphatic carbocycles. The minimum absolute atomic E-state index is 0.470. The van der Waals surface area contributed by atoms with Crippen molar-refractivity contribution in [3.8, 4) is 0 Å². The van der Waals surface area contributed by atoms with E-state index < -0.39 is 0 Å². The second-order valence-electron chi connectivity index (χ2n) is 2.92. The first-order valence-corrected chi connectivity index (χ1v) is 4.13. The van der Waals surface area contributed by atoms with Gasteiger partial charge in [-0.25, -0.2) is 5.01 Å². The van der Waals surface area contributed by atoms with Gasteiger partial charge in [0.05, 0.1) is 25.9 Å². The highest BCUT2D eigenvalue weighted by molar-refractivity contribution is 4.71. The number of epoxide rings is 1. The van der Waals surface area contributed by atoms with Gasteiger partial charge < -0.3 is 9.47 Å². The predicted molar refractivity (Wildman–Crippen MR) is 40.1 cm³/mol. The summed E-state index contributed by atoms with van der Waals surface area (Å²) in [6.45, 7) is 5.56. The van der Waals surface area contributed by atoms with E-state index in [0.717, 1.165) is 39.5 Å². The zero-order chi connectivity index (χ0) is 7.52. The molecule has 11 heavy (non-hydrogen) atoms. The average Bonchev–Trinajstić information content (AvgIpc) is 2.86. The Labute approximate surface area is 66.4 Å². The Hall–Kier alpha value is -0.160. The molecule has 0 saturated carbocycles. The molecule has 2 saturated heterocycles. The summed E-state index contributed by atoms with van der Waals surface area (Å²) in [4.78, 5) is 0. The Morgan fingerprint density at radius 3 is 2.73 bits per heavy atom. The standard InChI is InChI=1S/C7H14N2O2/c1-3-10-4-2-9(1)8-5-7-6-11-7/h7-8H,1-6H2. The van der Waals surface area contributed by atoms with E-state index in [1.165, 1.54) is 0 Å². The summed E-state index contributed by atoms with van der Waals surface area (Å²) in [5.74, 6) is 0. The maximum absolute atomic E-state index is 5.21. The number of hydrogen-bond donors (Lipinski definition) is 1. The lowest BCUT2D eigenvalue weighted by molar-refractivity contribution is 0.0110. The monoisotopic (exact) mass is 158 g/mol. The second kappa shape index (κ2) is 3.49. The van der Waals surface area contributed by atoms with E-state index in [0.29, 0.717) is 6.10 Å². The lowest BCUT2D eigenvalue weighted by Gasteiger charge is -2.26. The molecule has 2 fully saturated rings. The molecular formula is C7H14N2O2. The Kier molecular flexibility index (Phi) is 2.38. The molecule has 2 aliphatic heterocycles. The van der Waals surface area contributed by atoms with E-state index in [1.807, 2.05) is 0 Å². The van der Waals surface area contributed by atoms with Crippen LogP contribution in [-0.4, -0.2) is 50.6 Å². The second-order valence-corrected chi connectivity index (χ2v) is 2.92. The smallest absolute Gasteiger partial charge is 0.0947 e. The van der Waals surface area contributed by atoms with Gasteiger partial charge >= 0.3 is 0 Å². The van der Waals surface area contributed by atoms with Crippen LogP contribution in [0.15, 0.2) is 0 Å². The van der Waals surface area contributed by atoms with E-state index in [9.17, 15) is 0 Å². The predicted octanol–water partition coefficient (Wildman–Crippen LogP) is -0.778. The fraction of sp³-hybridized carbons (Fsp3) is 1.00.